The minimum absolute atomic E-state index is 0.0232. The standard InChI is InChI=1S/C19H14ClNO3S/c1-13-15(10-14-4-2-3-5-19(14)24-13)11-18(12-21)25(22,23)17-8-6-16(20)7-9-17/h2-11,13H,1H3/b18-11-/t13-/m0/s1. The molecule has 0 amide bonds. The Labute approximate surface area is 151 Å². The minimum atomic E-state index is -3.92. The molecule has 1 heterocycles. The van der Waals surface area contributed by atoms with Crippen LogP contribution < -0.4 is 4.74 Å². The van der Waals surface area contributed by atoms with Crippen LogP contribution in [0.15, 0.2) is 70.0 Å². The van der Waals surface area contributed by atoms with Crippen LogP contribution in [0.25, 0.3) is 6.08 Å². The molecule has 1 aliphatic heterocycles. The lowest BCUT2D eigenvalue weighted by Gasteiger charge is -2.23. The number of fused-ring (bicyclic) bond motifs is 1. The van der Waals surface area contributed by atoms with Crippen molar-refractivity contribution in [1.82, 2.24) is 0 Å². The summed E-state index contributed by atoms with van der Waals surface area (Å²) in [5, 5.41) is 9.82. The number of para-hydroxylation sites is 1. The van der Waals surface area contributed by atoms with Crippen LogP contribution in [-0.4, -0.2) is 14.5 Å². The van der Waals surface area contributed by atoms with Crippen molar-refractivity contribution in [2.75, 3.05) is 0 Å². The molecule has 0 unspecified atom stereocenters. The van der Waals surface area contributed by atoms with Gasteiger partial charge in [0.2, 0.25) is 9.84 Å². The lowest BCUT2D eigenvalue weighted by atomic mass is 10.0. The zero-order valence-corrected chi connectivity index (χ0v) is 14.9. The van der Waals surface area contributed by atoms with E-state index in [2.05, 4.69) is 0 Å². The maximum Gasteiger partial charge on any atom is 0.216 e. The number of allylic oxidation sites excluding steroid dienone is 1. The van der Waals surface area contributed by atoms with Crippen molar-refractivity contribution in [2.45, 2.75) is 17.9 Å². The van der Waals surface area contributed by atoms with E-state index in [1.165, 1.54) is 30.3 Å². The van der Waals surface area contributed by atoms with Gasteiger partial charge in [-0.1, -0.05) is 29.8 Å². The second-order valence-corrected chi connectivity index (χ2v) is 7.87. The second-order valence-electron chi connectivity index (χ2n) is 5.52. The number of rotatable bonds is 3. The van der Waals surface area contributed by atoms with E-state index in [4.69, 9.17) is 16.3 Å². The third-order valence-corrected chi connectivity index (χ3v) is 5.77. The van der Waals surface area contributed by atoms with Crippen LogP contribution in [0.4, 0.5) is 0 Å². The number of ether oxygens (including phenoxy) is 1. The number of benzene rings is 2. The zero-order chi connectivity index (χ0) is 18.0. The average Bonchev–Trinajstić information content (AvgIpc) is 2.60. The Balaban J connectivity index is 2.05. The molecule has 0 bridgehead atoms. The Morgan fingerprint density at radius 2 is 1.88 bits per heavy atom. The summed E-state index contributed by atoms with van der Waals surface area (Å²) in [4.78, 5) is -0.314. The molecule has 2 aromatic carbocycles. The number of halogens is 1. The summed E-state index contributed by atoms with van der Waals surface area (Å²) in [7, 11) is -3.92. The molecule has 25 heavy (non-hydrogen) atoms. The van der Waals surface area contributed by atoms with Crippen LogP contribution in [0.3, 0.4) is 0 Å². The molecule has 0 spiro atoms. The Morgan fingerprint density at radius 1 is 1.20 bits per heavy atom. The number of hydrogen-bond donors (Lipinski definition) is 0. The van der Waals surface area contributed by atoms with E-state index < -0.39 is 9.84 Å². The molecule has 1 aliphatic rings. The van der Waals surface area contributed by atoms with Crippen molar-refractivity contribution < 1.29 is 13.2 Å². The SMILES string of the molecule is C[C@@H]1Oc2ccccc2C=C1/C=C(/C#N)S(=O)(=O)c1ccc(Cl)cc1. The molecular formula is C19H14ClNO3S. The molecule has 3 rings (SSSR count). The molecule has 0 aliphatic carbocycles. The third-order valence-electron chi connectivity index (χ3n) is 3.84. The van der Waals surface area contributed by atoms with E-state index in [0.717, 1.165) is 11.3 Å². The number of nitrogens with zero attached hydrogens (tertiary/aromatic N) is 1. The summed E-state index contributed by atoms with van der Waals surface area (Å²) < 4.78 is 31.2. The smallest absolute Gasteiger partial charge is 0.216 e. The summed E-state index contributed by atoms with van der Waals surface area (Å²) >= 11 is 5.80. The molecule has 1 atom stereocenters. The molecule has 0 aromatic heterocycles. The van der Waals surface area contributed by atoms with Gasteiger partial charge in [-0.05, 0) is 55.0 Å². The van der Waals surface area contributed by atoms with Crippen molar-refractivity contribution in [3.8, 4) is 11.8 Å². The lowest BCUT2D eigenvalue weighted by Crippen LogP contribution is -2.18. The van der Waals surface area contributed by atoms with E-state index in [1.807, 2.05) is 37.3 Å². The van der Waals surface area contributed by atoms with E-state index in [0.29, 0.717) is 10.6 Å². The topological polar surface area (TPSA) is 67.2 Å². The van der Waals surface area contributed by atoms with E-state index in [-0.39, 0.29) is 15.9 Å². The van der Waals surface area contributed by atoms with Gasteiger partial charge in [-0.3, -0.25) is 0 Å². The fourth-order valence-electron chi connectivity index (χ4n) is 2.48. The molecule has 4 nitrogen and oxygen atoms in total. The molecular weight excluding hydrogens is 358 g/mol. The van der Waals surface area contributed by atoms with Crippen LogP contribution in [0, 0.1) is 11.3 Å². The monoisotopic (exact) mass is 371 g/mol. The summed E-state index contributed by atoms with van der Waals surface area (Å²) in [6.07, 6.45) is 2.83. The van der Waals surface area contributed by atoms with Gasteiger partial charge in [-0.15, -0.1) is 0 Å². The number of hydrogen-bond acceptors (Lipinski definition) is 4. The summed E-state index contributed by atoms with van der Waals surface area (Å²) in [6, 6.07) is 15.0. The van der Waals surface area contributed by atoms with Crippen molar-refractivity contribution in [3.05, 3.63) is 75.7 Å². The van der Waals surface area contributed by atoms with Crippen molar-refractivity contribution >= 4 is 27.5 Å². The first kappa shape index (κ1) is 17.3. The van der Waals surface area contributed by atoms with Crippen LogP contribution in [0.2, 0.25) is 5.02 Å². The summed E-state index contributed by atoms with van der Waals surface area (Å²) in [5.74, 6) is 0.728. The summed E-state index contributed by atoms with van der Waals surface area (Å²) in [6.45, 7) is 1.81. The molecule has 0 N–H and O–H groups in total. The fraction of sp³-hybridized carbons (Fsp3) is 0.105. The van der Waals surface area contributed by atoms with Gasteiger partial charge in [0, 0.05) is 10.6 Å². The van der Waals surface area contributed by atoms with Gasteiger partial charge in [0.1, 0.15) is 22.8 Å². The maximum atomic E-state index is 12.7. The predicted molar refractivity (Wildman–Crippen MR) is 96.8 cm³/mol. The zero-order valence-electron chi connectivity index (χ0n) is 13.3. The highest BCUT2D eigenvalue weighted by molar-refractivity contribution is 7.95. The highest BCUT2D eigenvalue weighted by Gasteiger charge is 2.24. The van der Waals surface area contributed by atoms with Crippen molar-refractivity contribution in [2.24, 2.45) is 0 Å². The highest BCUT2D eigenvalue weighted by Crippen LogP contribution is 2.31. The Morgan fingerprint density at radius 3 is 2.56 bits per heavy atom. The second kappa shape index (κ2) is 6.75. The fourth-order valence-corrected chi connectivity index (χ4v) is 3.77. The van der Waals surface area contributed by atoms with Gasteiger partial charge in [0.15, 0.2) is 0 Å². The molecule has 2 aromatic rings. The largest absolute Gasteiger partial charge is 0.485 e. The molecule has 0 radical (unpaired) electrons. The first-order valence-electron chi connectivity index (χ1n) is 7.51. The predicted octanol–water partition coefficient (Wildman–Crippen LogP) is 4.39. The first-order valence-corrected chi connectivity index (χ1v) is 9.37. The maximum absolute atomic E-state index is 12.7. The number of sulfone groups is 1. The van der Waals surface area contributed by atoms with Gasteiger partial charge < -0.3 is 4.74 Å². The Hall–Kier alpha value is -2.55. The molecule has 0 fully saturated rings. The number of nitriles is 1. The molecule has 0 saturated heterocycles. The first-order chi connectivity index (χ1) is 11.9. The Kier molecular flexibility index (Phi) is 4.67. The highest BCUT2D eigenvalue weighted by atomic mass is 35.5. The van der Waals surface area contributed by atoms with Gasteiger partial charge in [-0.25, -0.2) is 8.42 Å². The van der Waals surface area contributed by atoms with Crippen molar-refractivity contribution in [1.29, 1.82) is 5.26 Å². The molecule has 126 valence electrons. The van der Waals surface area contributed by atoms with Crippen molar-refractivity contribution in [3.63, 3.8) is 0 Å². The van der Waals surface area contributed by atoms with Gasteiger partial charge in [0.25, 0.3) is 0 Å². The third kappa shape index (κ3) is 3.46. The van der Waals surface area contributed by atoms with E-state index in [9.17, 15) is 13.7 Å². The molecule has 0 saturated carbocycles. The van der Waals surface area contributed by atoms with Crippen LogP contribution in [-0.2, 0) is 9.84 Å². The molecule has 6 heteroatoms. The minimum Gasteiger partial charge on any atom is -0.485 e. The lowest BCUT2D eigenvalue weighted by molar-refractivity contribution is 0.257. The van der Waals surface area contributed by atoms with E-state index in [1.54, 1.807) is 6.07 Å². The Bertz CT molecular complexity index is 1020. The van der Waals surface area contributed by atoms with Gasteiger partial charge in [-0.2, -0.15) is 5.26 Å². The summed E-state index contributed by atoms with van der Waals surface area (Å²) in [5.41, 5.74) is 1.46. The average molecular weight is 372 g/mol. The van der Waals surface area contributed by atoms with Crippen LogP contribution in [0.1, 0.15) is 12.5 Å². The van der Waals surface area contributed by atoms with E-state index >= 15 is 0 Å². The van der Waals surface area contributed by atoms with Crippen LogP contribution >= 0.6 is 11.6 Å². The quantitative estimate of drug-likeness (QED) is 0.750. The van der Waals surface area contributed by atoms with Crippen LogP contribution in [0.5, 0.6) is 5.75 Å². The normalized spacial score (nSPS) is 17.1. The van der Waals surface area contributed by atoms with Gasteiger partial charge in [0.05, 0.1) is 4.90 Å². The van der Waals surface area contributed by atoms with Gasteiger partial charge >= 0.3 is 0 Å².